The maximum absolute atomic E-state index is 10.9. The number of para-hydroxylation sites is 3. The van der Waals surface area contributed by atoms with Gasteiger partial charge in [-0.3, -0.25) is 24.9 Å². The van der Waals surface area contributed by atoms with Gasteiger partial charge in [0.15, 0.2) is 11.5 Å². The number of nitrogens with zero attached hydrogens (tertiary/aromatic N) is 2. The Kier molecular flexibility index (Phi) is 70.1. The lowest BCUT2D eigenvalue weighted by Gasteiger charge is -1.93. The molecule has 0 radical (unpaired) electrons. The summed E-state index contributed by atoms with van der Waals surface area (Å²) < 4.78 is 10.2. The zero-order chi connectivity index (χ0) is 58.7. The number of aryl methyl sites for hydroxylation is 2. The van der Waals surface area contributed by atoms with E-state index in [-0.39, 0.29) is 63.8 Å². The number of benzene rings is 8. The summed E-state index contributed by atoms with van der Waals surface area (Å²) in [5.74, 6) is 1.09. The second-order valence-corrected chi connectivity index (χ2v) is 14.7. The minimum atomic E-state index is -0.300. The number of carbonyl (C=O) groups is 2. The van der Waals surface area contributed by atoms with Crippen molar-refractivity contribution in [1.29, 1.82) is 0 Å². The van der Waals surface area contributed by atoms with Gasteiger partial charge in [0.2, 0.25) is 6.79 Å². The summed E-state index contributed by atoms with van der Waals surface area (Å²) in [5.41, 5.74) is 5.13. The summed E-state index contributed by atoms with van der Waals surface area (Å²) in [6, 6.07) is 74.1. The van der Waals surface area contributed by atoms with Crippen molar-refractivity contribution in [1.82, 2.24) is 15.3 Å². The van der Waals surface area contributed by atoms with Gasteiger partial charge in [0.1, 0.15) is 0 Å². The van der Waals surface area contributed by atoms with Gasteiger partial charge in [-0.1, -0.05) is 331 Å². The maximum Gasteiger partial charge on any atom is 0.258 e. The second-order valence-electron chi connectivity index (χ2n) is 14.7. The average molecular weight is 1170 g/mol. The number of hydrogen-bond acceptors (Lipinski definition) is 6. The van der Waals surface area contributed by atoms with Crippen LogP contribution >= 0.6 is 0 Å². The molecule has 0 atom stereocenters. The molecule has 2 aromatic heterocycles. The Morgan fingerprint density at radius 2 is 0.640 bits per heavy atom. The van der Waals surface area contributed by atoms with Gasteiger partial charge in [-0.15, -0.1) is 0 Å². The fourth-order valence-corrected chi connectivity index (χ4v) is 7.04. The van der Waals surface area contributed by atoms with Crippen LogP contribution < -0.4 is 14.8 Å². The first-order valence-electron chi connectivity index (χ1n) is 28.5. The highest BCUT2D eigenvalue weighted by atomic mass is 16.7. The molecule has 1 N–H and O–H groups in total. The Bertz CT molecular complexity index is 2530. The highest BCUT2D eigenvalue weighted by Crippen LogP contribution is 2.30. The zero-order valence-electron chi connectivity index (χ0n) is 49.9. The average Bonchev–Trinajstić information content (AvgIpc) is 4.53. The molecule has 2 amide bonds. The predicted molar refractivity (Wildman–Crippen MR) is 390 cm³/mol. The summed E-state index contributed by atoms with van der Waals surface area (Å²) in [7, 11) is 0. The quantitative estimate of drug-likeness (QED) is 0.152. The van der Waals surface area contributed by atoms with Crippen molar-refractivity contribution in [3.63, 3.8) is 0 Å². The summed E-state index contributed by atoms with van der Waals surface area (Å²) in [6.45, 7) is 28.4. The molecule has 474 valence electrons. The Hall–Kier alpha value is -8.42. The maximum atomic E-state index is 10.9. The fraction of sp³-hybridized carbons (Fsp3) is 0.316. The minimum Gasteiger partial charge on any atom is -0.454 e. The zero-order valence-corrected chi connectivity index (χ0v) is 49.9. The van der Waals surface area contributed by atoms with Crippen LogP contribution in [0.15, 0.2) is 243 Å². The van der Waals surface area contributed by atoms with E-state index < -0.39 is 0 Å². The number of carbonyl (C=O) groups excluding carboxylic acids is 2. The molecule has 13 rings (SSSR count). The molecule has 0 saturated carbocycles. The van der Waals surface area contributed by atoms with Gasteiger partial charge in [-0.2, -0.15) is 0 Å². The SMILES string of the molecule is C.C.C.C.C.C.C.CC.CC.CC.CC.CC.CC.CC.O=C1NC(=O)c2ccccc21.c1ccc2c(c1)CCC2.c1ccc2c(c1)OCO2.c1ccc2ccccc2c1.c1ccc2cnccc2c1.c1ccc2ncccc2c1.c1ccccc1. The lowest BCUT2D eigenvalue weighted by molar-refractivity contribution is 0.0879. The van der Waals surface area contributed by atoms with Crippen LogP contribution in [0.3, 0.4) is 0 Å². The molecule has 0 saturated heterocycles. The van der Waals surface area contributed by atoms with E-state index in [0.717, 1.165) is 17.0 Å². The number of fused-ring (bicyclic) bond motifs is 6. The number of imide groups is 1. The summed E-state index contributed by atoms with van der Waals surface area (Å²) in [6.07, 6.45) is 9.45. The molecule has 3 aliphatic rings. The van der Waals surface area contributed by atoms with Gasteiger partial charge in [-0.25, -0.2) is 0 Å². The predicted octanol–water partition coefficient (Wildman–Crippen LogP) is 24.8. The van der Waals surface area contributed by atoms with Gasteiger partial charge in [0.05, 0.1) is 16.6 Å². The minimum absolute atomic E-state index is 0. The third-order valence-electron chi connectivity index (χ3n) is 10.3. The van der Waals surface area contributed by atoms with Crippen molar-refractivity contribution < 1.29 is 19.1 Å². The van der Waals surface area contributed by atoms with Crippen molar-refractivity contribution in [2.24, 2.45) is 0 Å². The third-order valence-corrected chi connectivity index (χ3v) is 10.3. The molecule has 1 aliphatic carbocycles. The first-order valence-corrected chi connectivity index (χ1v) is 28.5. The van der Waals surface area contributed by atoms with E-state index in [1.54, 1.807) is 35.4 Å². The number of rotatable bonds is 0. The van der Waals surface area contributed by atoms with Crippen LogP contribution in [0, 0.1) is 0 Å². The molecule has 2 aliphatic heterocycles. The van der Waals surface area contributed by atoms with Crippen molar-refractivity contribution in [3.8, 4) is 11.5 Å². The Balaban J connectivity index is -0.000000132. The van der Waals surface area contributed by atoms with Gasteiger partial charge in [0.25, 0.3) is 11.8 Å². The lowest BCUT2D eigenvalue weighted by Crippen LogP contribution is -2.19. The number of amides is 2. The molecule has 8 aromatic carbocycles. The highest BCUT2D eigenvalue weighted by molar-refractivity contribution is 6.21. The van der Waals surface area contributed by atoms with Crippen LogP contribution in [0.4, 0.5) is 0 Å². The standard InChI is InChI=1S/C10H8.2C9H7N.C9H10.C8H5NO2.C7H6O2.C6H6.7C2H6.7CH4/c1-2-6-10-8-4-3-7-9(10)5-1;1-2-6-9-8(4-1)5-3-7-10-9;1-2-4-9-7-10-6-5-8(9)3-1;1-2-5-9-7-3-6-8(9)4-1;10-7-5-3-1-2-4-6(5)8(11)9-7;1-2-4-7-6(3-1)8-5-9-7;1-2-4-6-5-3-1;7*1-2;;;;;;;/h1-8H;2*1-7H;1-2,4-5H,3,6-7H2;1-4H,(H,9,10,11);1-4H,5H2;1-6H;7*1-2H3;7*1H4. The molecule has 0 fully saturated rings. The van der Waals surface area contributed by atoms with E-state index in [1.165, 1.54) is 46.2 Å². The van der Waals surface area contributed by atoms with E-state index in [1.807, 2.05) is 219 Å². The molecule has 10 aromatic rings. The molecule has 4 heterocycles. The molecule has 0 bridgehead atoms. The van der Waals surface area contributed by atoms with Crippen LogP contribution in [-0.4, -0.2) is 28.6 Å². The number of pyridine rings is 2. The van der Waals surface area contributed by atoms with Gasteiger partial charge >= 0.3 is 0 Å². The van der Waals surface area contributed by atoms with Crippen LogP contribution in [0.5, 0.6) is 11.5 Å². The Morgan fingerprint density at radius 1 is 0.326 bits per heavy atom. The van der Waals surface area contributed by atoms with Crippen molar-refractivity contribution in [2.45, 2.75) is 168 Å². The van der Waals surface area contributed by atoms with E-state index >= 15 is 0 Å². The monoisotopic (exact) mass is 1170 g/mol. The summed E-state index contributed by atoms with van der Waals surface area (Å²) in [4.78, 5) is 30.1. The number of nitrogens with one attached hydrogen (secondary N) is 1. The van der Waals surface area contributed by atoms with E-state index in [9.17, 15) is 9.59 Å². The smallest absolute Gasteiger partial charge is 0.258 e. The van der Waals surface area contributed by atoms with Gasteiger partial charge in [-0.05, 0) is 94.4 Å². The van der Waals surface area contributed by atoms with Crippen molar-refractivity contribution >= 4 is 44.3 Å². The highest BCUT2D eigenvalue weighted by Gasteiger charge is 2.25. The molecule has 0 unspecified atom stereocenters. The van der Waals surface area contributed by atoms with Crippen molar-refractivity contribution in [2.75, 3.05) is 6.79 Å². The van der Waals surface area contributed by atoms with Gasteiger partial charge < -0.3 is 9.47 Å². The number of hydrogen-bond donors (Lipinski definition) is 1. The summed E-state index contributed by atoms with van der Waals surface area (Å²) in [5, 5.41) is 8.47. The van der Waals surface area contributed by atoms with Crippen LogP contribution in [0.1, 0.15) is 187 Å². The number of aromatic nitrogens is 2. The molecule has 0 spiro atoms. The van der Waals surface area contributed by atoms with E-state index in [4.69, 9.17) is 9.47 Å². The van der Waals surface area contributed by atoms with Crippen LogP contribution in [0.25, 0.3) is 32.4 Å². The second kappa shape index (κ2) is 64.1. The van der Waals surface area contributed by atoms with E-state index in [2.05, 4.69) is 112 Å². The first kappa shape index (κ1) is 94.0. The molecular formula is C79H119N3O4. The Morgan fingerprint density at radius 3 is 1.02 bits per heavy atom. The van der Waals surface area contributed by atoms with Crippen LogP contribution in [-0.2, 0) is 12.8 Å². The van der Waals surface area contributed by atoms with E-state index in [0.29, 0.717) is 17.9 Å². The third kappa shape index (κ3) is 35.7. The van der Waals surface area contributed by atoms with Crippen molar-refractivity contribution in [3.05, 3.63) is 265 Å². The lowest BCUT2D eigenvalue weighted by atomic mass is 10.1. The van der Waals surface area contributed by atoms with Crippen LogP contribution in [0.2, 0.25) is 0 Å². The Labute approximate surface area is 527 Å². The molecule has 7 nitrogen and oxygen atoms in total. The topological polar surface area (TPSA) is 90.4 Å². The molecular weight excluding hydrogens is 1050 g/mol. The molecule has 86 heavy (non-hydrogen) atoms. The summed E-state index contributed by atoms with van der Waals surface area (Å²) >= 11 is 0. The first-order chi connectivity index (χ1) is 39.1. The fourth-order valence-electron chi connectivity index (χ4n) is 7.04. The number of ether oxygens (including phenoxy) is 2. The van der Waals surface area contributed by atoms with Gasteiger partial charge in [0, 0.05) is 24.0 Å². The molecule has 7 heteroatoms. The normalized spacial score (nSPS) is 9.47. The largest absolute Gasteiger partial charge is 0.454 e.